The van der Waals surface area contributed by atoms with E-state index in [0.717, 1.165) is 19.3 Å². The second kappa shape index (κ2) is 5.82. The fraction of sp³-hybridized carbons (Fsp3) is 0.538. The van der Waals surface area contributed by atoms with Gasteiger partial charge in [0.2, 0.25) is 0 Å². The van der Waals surface area contributed by atoms with Crippen LogP contribution in [-0.2, 0) is 4.74 Å². The Morgan fingerprint density at radius 3 is 3.11 bits per heavy atom. The van der Waals surface area contributed by atoms with E-state index in [4.69, 9.17) is 9.47 Å². The maximum atomic E-state index is 11.2. The molecular formula is C13H17NO4. The zero-order valence-corrected chi connectivity index (χ0v) is 10.4. The number of carboxylic acid groups (broad SMARTS) is 1. The summed E-state index contributed by atoms with van der Waals surface area (Å²) >= 11 is 0. The first-order valence-corrected chi connectivity index (χ1v) is 6.20. The normalized spacial score (nSPS) is 18.8. The topological polar surface area (TPSA) is 68.7 Å². The van der Waals surface area contributed by atoms with Gasteiger partial charge in [-0.15, -0.1) is 0 Å². The van der Waals surface area contributed by atoms with E-state index in [-0.39, 0.29) is 11.7 Å². The highest BCUT2D eigenvalue weighted by Crippen LogP contribution is 2.29. The summed E-state index contributed by atoms with van der Waals surface area (Å²) in [6.45, 7) is 3.17. The fourth-order valence-electron chi connectivity index (χ4n) is 1.94. The first-order valence-electron chi connectivity index (χ1n) is 6.20. The number of aromatic carboxylic acids is 1. The Kier molecular flexibility index (Phi) is 4.15. The molecule has 5 nitrogen and oxygen atoms in total. The molecule has 2 rings (SSSR count). The lowest BCUT2D eigenvalue weighted by atomic mass is 10.1. The van der Waals surface area contributed by atoms with Gasteiger partial charge in [-0.1, -0.05) is 6.92 Å². The maximum absolute atomic E-state index is 11.2. The van der Waals surface area contributed by atoms with Gasteiger partial charge in [0.25, 0.3) is 0 Å². The van der Waals surface area contributed by atoms with E-state index in [1.54, 1.807) is 6.07 Å². The van der Waals surface area contributed by atoms with Crippen LogP contribution in [0, 0.1) is 0 Å². The zero-order valence-electron chi connectivity index (χ0n) is 10.4. The van der Waals surface area contributed by atoms with Crippen LogP contribution < -0.4 is 4.74 Å². The predicted octanol–water partition coefficient (Wildman–Crippen LogP) is 2.42. The number of carboxylic acids is 1. The number of nitrogens with zero attached hydrogens (tertiary/aromatic N) is 1. The van der Waals surface area contributed by atoms with Crippen molar-refractivity contribution in [2.24, 2.45) is 0 Å². The molecule has 5 heteroatoms. The molecule has 0 saturated carbocycles. The summed E-state index contributed by atoms with van der Waals surface area (Å²) in [7, 11) is 0. The van der Waals surface area contributed by atoms with Crippen LogP contribution in [0.5, 0.6) is 5.75 Å². The molecule has 1 fully saturated rings. The predicted molar refractivity (Wildman–Crippen MR) is 64.9 cm³/mol. The molecule has 0 radical (unpaired) electrons. The van der Waals surface area contributed by atoms with Gasteiger partial charge in [0.1, 0.15) is 5.56 Å². The third-order valence-electron chi connectivity index (χ3n) is 2.84. The second-order valence-corrected chi connectivity index (χ2v) is 4.26. The van der Waals surface area contributed by atoms with Gasteiger partial charge >= 0.3 is 5.97 Å². The lowest BCUT2D eigenvalue weighted by molar-refractivity contribution is 0.0690. The molecule has 18 heavy (non-hydrogen) atoms. The quantitative estimate of drug-likeness (QED) is 0.870. The summed E-state index contributed by atoms with van der Waals surface area (Å²) in [4.78, 5) is 15.4. The van der Waals surface area contributed by atoms with Crippen LogP contribution in [0.4, 0.5) is 0 Å². The van der Waals surface area contributed by atoms with Crippen molar-refractivity contribution in [1.29, 1.82) is 0 Å². The van der Waals surface area contributed by atoms with Crippen LogP contribution in [-0.4, -0.2) is 29.3 Å². The molecule has 1 aliphatic heterocycles. The van der Waals surface area contributed by atoms with Gasteiger partial charge in [-0.25, -0.2) is 4.79 Å². The van der Waals surface area contributed by atoms with Crippen molar-refractivity contribution in [3.63, 3.8) is 0 Å². The minimum Gasteiger partial charge on any atom is -0.491 e. The third kappa shape index (κ3) is 2.79. The van der Waals surface area contributed by atoms with Crippen molar-refractivity contribution in [1.82, 2.24) is 4.98 Å². The lowest BCUT2D eigenvalue weighted by Gasteiger charge is -2.12. The highest BCUT2D eigenvalue weighted by atomic mass is 16.5. The van der Waals surface area contributed by atoms with Gasteiger partial charge in [0, 0.05) is 6.61 Å². The number of ether oxygens (including phenoxy) is 2. The Labute approximate surface area is 106 Å². The molecule has 0 aliphatic carbocycles. The first-order chi connectivity index (χ1) is 8.72. The second-order valence-electron chi connectivity index (χ2n) is 4.26. The standard InChI is InChI=1S/C13H17NO4/c1-2-5-17-12-8-14-10(7-9(12)13(15)16)11-4-3-6-18-11/h7-8,11H,2-6H2,1H3,(H,15,16). The Bertz CT molecular complexity index is 427. The number of rotatable bonds is 5. The first kappa shape index (κ1) is 12.8. The minimum atomic E-state index is -0.997. The zero-order chi connectivity index (χ0) is 13.0. The van der Waals surface area contributed by atoms with Crippen LogP contribution in [0.2, 0.25) is 0 Å². The molecule has 0 aromatic carbocycles. The van der Waals surface area contributed by atoms with Gasteiger partial charge in [-0.05, 0) is 25.3 Å². The molecular weight excluding hydrogens is 234 g/mol. The van der Waals surface area contributed by atoms with Crippen molar-refractivity contribution in [3.8, 4) is 5.75 Å². The molecule has 0 bridgehead atoms. The molecule has 1 atom stereocenters. The number of hydrogen-bond donors (Lipinski definition) is 1. The monoisotopic (exact) mass is 251 g/mol. The van der Waals surface area contributed by atoms with Crippen LogP contribution in [0.15, 0.2) is 12.3 Å². The van der Waals surface area contributed by atoms with Crippen LogP contribution in [0.25, 0.3) is 0 Å². The smallest absolute Gasteiger partial charge is 0.339 e. The van der Waals surface area contributed by atoms with Crippen LogP contribution in [0.1, 0.15) is 48.3 Å². The van der Waals surface area contributed by atoms with Crippen molar-refractivity contribution < 1.29 is 19.4 Å². The number of pyridine rings is 1. The lowest BCUT2D eigenvalue weighted by Crippen LogP contribution is -2.08. The van der Waals surface area contributed by atoms with E-state index in [0.29, 0.717) is 24.7 Å². The summed E-state index contributed by atoms with van der Waals surface area (Å²) in [6, 6.07) is 1.56. The number of hydrogen-bond acceptors (Lipinski definition) is 4. The highest BCUT2D eigenvalue weighted by molar-refractivity contribution is 5.90. The van der Waals surface area contributed by atoms with Gasteiger partial charge in [-0.3, -0.25) is 4.98 Å². The van der Waals surface area contributed by atoms with Crippen LogP contribution in [0.3, 0.4) is 0 Å². The van der Waals surface area contributed by atoms with Crippen molar-refractivity contribution in [2.75, 3.05) is 13.2 Å². The maximum Gasteiger partial charge on any atom is 0.339 e. The minimum absolute atomic E-state index is 0.0803. The summed E-state index contributed by atoms with van der Waals surface area (Å²) in [5.41, 5.74) is 0.831. The van der Waals surface area contributed by atoms with Gasteiger partial charge in [0.15, 0.2) is 5.75 Å². The van der Waals surface area contributed by atoms with Gasteiger partial charge in [0.05, 0.1) is 24.6 Å². The third-order valence-corrected chi connectivity index (χ3v) is 2.84. The van der Waals surface area contributed by atoms with E-state index in [1.165, 1.54) is 6.20 Å². The van der Waals surface area contributed by atoms with E-state index >= 15 is 0 Å². The van der Waals surface area contributed by atoms with Crippen LogP contribution >= 0.6 is 0 Å². The van der Waals surface area contributed by atoms with E-state index in [9.17, 15) is 9.90 Å². The summed E-state index contributed by atoms with van der Waals surface area (Å²) in [5.74, 6) is -0.672. The van der Waals surface area contributed by atoms with E-state index < -0.39 is 5.97 Å². The molecule has 1 unspecified atom stereocenters. The SMILES string of the molecule is CCCOc1cnc(C2CCCO2)cc1C(=O)O. The average molecular weight is 251 g/mol. The molecule has 1 N–H and O–H groups in total. The Morgan fingerprint density at radius 2 is 2.50 bits per heavy atom. The largest absolute Gasteiger partial charge is 0.491 e. The number of aromatic nitrogens is 1. The van der Waals surface area contributed by atoms with E-state index in [2.05, 4.69) is 4.98 Å². The summed E-state index contributed by atoms with van der Waals surface area (Å²) in [5, 5.41) is 9.18. The molecule has 1 aromatic rings. The molecule has 1 aliphatic rings. The molecule has 0 spiro atoms. The van der Waals surface area contributed by atoms with Gasteiger partial charge < -0.3 is 14.6 Å². The molecule has 98 valence electrons. The highest BCUT2D eigenvalue weighted by Gasteiger charge is 2.22. The van der Waals surface area contributed by atoms with Crippen molar-refractivity contribution in [2.45, 2.75) is 32.3 Å². The van der Waals surface area contributed by atoms with Crippen molar-refractivity contribution >= 4 is 5.97 Å². The summed E-state index contributed by atoms with van der Waals surface area (Å²) in [6.07, 6.45) is 4.11. The molecule has 0 amide bonds. The van der Waals surface area contributed by atoms with Crippen molar-refractivity contribution in [3.05, 3.63) is 23.5 Å². The number of carbonyl (C=O) groups is 1. The Hall–Kier alpha value is -1.62. The molecule has 2 heterocycles. The average Bonchev–Trinajstić information content (AvgIpc) is 2.90. The Morgan fingerprint density at radius 1 is 1.67 bits per heavy atom. The molecule has 1 saturated heterocycles. The van der Waals surface area contributed by atoms with Gasteiger partial charge in [-0.2, -0.15) is 0 Å². The van der Waals surface area contributed by atoms with E-state index in [1.807, 2.05) is 6.92 Å². The molecule has 1 aromatic heterocycles. The summed E-state index contributed by atoms with van der Waals surface area (Å²) < 4.78 is 10.9. The fourth-order valence-corrected chi connectivity index (χ4v) is 1.94. The Balaban J connectivity index is 2.24.